The predicted octanol–water partition coefficient (Wildman–Crippen LogP) is 1.32. The average molecular weight is 195 g/mol. The van der Waals surface area contributed by atoms with Crippen molar-refractivity contribution in [3.05, 3.63) is 23.8 Å². The second-order valence-electron chi connectivity index (χ2n) is 3.07. The molecule has 0 radical (unpaired) electrons. The number of hydrogen-bond donors (Lipinski definition) is 1. The molecule has 1 aromatic rings. The van der Waals surface area contributed by atoms with E-state index >= 15 is 0 Å². The lowest BCUT2D eigenvalue weighted by molar-refractivity contribution is -0.0442. The standard InChI is InChI=1S/C10H13NO3/c1-12-9-6-7(2-3-8(9)11)10-13-4-5-14-10/h2-3,6,10H,4-5,11H2,1H3. The number of methoxy groups -OCH3 is 1. The van der Waals surface area contributed by atoms with Gasteiger partial charge in [0.2, 0.25) is 0 Å². The molecule has 4 heteroatoms. The SMILES string of the molecule is COc1cc(C2OCCO2)ccc1N. The van der Waals surface area contributed by atoms with Crippen molar-refractivity contribution in [3.63, 3.8) is 0 Å². The minimum Gasteiger partial charge on any atom is -0.495 e. The summed E-state index contributed by atoms with van der Waals surface area (Å²) in [5.41, 5.74) is 7.25. The maximum absolute atomic E-state index is 5.69. The van der Waals surface area contributed by atoms with Crippen molar-refractivity contribution in [3.8, 4) is 5.75 Å². The molecule has 1 fully saturated rings. The molecule has 1 saturated heterocycles. The van der Waals surface area contributed by atoms with Crippen LogP contribution in [0.15, 0.2) is 18.2 Å². The van der Waals surface area contributed by atoms with Crippen molar-refractivity contribution in [1.82, 2.24) is 0 Å². The van der Waals surface area contributed by atoms with Gasteiger partial charge < -0.3 is 19.9 Å². The Hall–Kier alpha value is -1.26. The summed E-state index contributed by atoms with van der Waals surface area (Å²) in [6, 6.07) is 5.51. The van der Waals surface area contributed by atoms with Crippen LogP contribution in [0.4, 0.5) is 5.69 Å². The monoisotopic (exact) mass is 195 g/mol. The van der Waals surface area contributed by atoms with Crippen LogP contribution in [0.1, 0.15) is 11.9 Å². The van der Waals surface area contributed by atoms with Gasteiger partial charge in [0.15, 0.2) is 6.29 Å². The fraction of sp³-hybridized carbons (Fsp3) is 0.400. The van der Waals surface area contributed by atoms with Crippen LogP contribution in [0.3, 0.4) is 0 Å². The number of nitrogen functional groups attached to an aromatic ring is 1. The molecule has 14 heavy (non-hydrogen) atoms. The van der Waals surface area contributed by atoms with E-state index in [0.717, 1.165) is 5.56 Å². The van der Waals surface area contributed by atoms with Crippen molar-refractivity contribution < 1.29 is 14.2 Å². The van der Waals surface area contributed by atoms with Crippen LogP contribution < -0.4 is 10.5 Å². The van der Waals surface area contributed by atoms with Crippen LogP contribution in [0.5, 0.6) is 5.75 Å². The van der Waals surface area contributed by atoms with Gasteiger partial charge in [-0.15, -0.1) is 0 Å². The molecular weight excluding hydrogens is 182 g/mol. The number of hydrogen-bond acceptors (Lipinski definition) is 4. The van der Waals surface area contributed by atoms with Crippen molar-refractivity contribution in [2.45, 2.75) is 6.29 Å². The summed E-state index contributed by atoms with van der Waals surface area (Å²) in [6.45, 7) is 1.27. The first-order valence-electron chi connectivity index (χ1n) is 4.48. The summed E-state index contributed by atoms with van der Waals surface area (Å²) in [5.74, 6) is 0.654. The molecule has 1 aliphatic rings. The van der Waals surface area contributed by atoms with Gasteiger partial charge in [0.25, 0.3) is 0 Å². The molecule has 2 rings (SSSR count). The van der Waals surface area contributed by atoms with Crippen molar-refractivity contribution in [2.24, 2.45) is 0 Å². The van der Waals surface area contributed by atoms with Gasteiger partial charge in [-0.25, -0.2) is 0 Å². The van der Waals surface area contributed by atoms with E-state index in [4.69, 9.17) is 19.9 Å². The van der Waals surface area contributed by atoms with Gasteiger partial charge in [-0.2, -0.15) is 0 Å². The first-order chi connectivity index (χ1) is 6.81. The summed E-state index contributed by atoms with van der Waals surface area (Å²) in [7, 11) is 1.59. The van der Waals surface area contributed by atoms with Gasteiger partial charge in [0.1, 0.15) is 5.75 Å². The molecule has 0 aliphatic carbocycles. The van der Waals surface area contributed by atoms with Crippen LogP contribution in [0, 0.1) is 0 Å². The number of benzene rings is 1. The molecule has 0 saturated carbocycles. The molecule has 0 unspecified atom stereocenters. The number of ether oxygens (including phenoxy) is 3. The van der Waals surface area contributed by atoms with Crippen LogP contribution >= 0.6 is 0 Å². The summed E-state index contributed by atoms with van der Waals surface area (Å²) in [5, 5.41) is 0. The van der Waals surface area contributed by atoms with Crippen LogP contribution in [0.2, 0.25) is 0 Å². The van der Waals surface area contributed by atoms with E-state index in [1.165, 1.54) is 0 Å². The Morgan fingerprint density at radius 1 is 1.36 bits per heavy atom. The lowest BCUT2D eigenvalue weighted by Crippen LogP contribution is -2.00. The smallest absolute Gasteiger partial charge is 0.184 e. The topological polar surface area (TPSA) is 53.7 Å². The van der Waals surface area contributed by atoms with E-state index < -0.39 is 0 Å². The Bertz CT molecular complexity index is 321. The lowest BCUT2D eigenvalue weighted by Gasteiger charge is -2.11. The third kappa shape index (κ3) is 1.66. The maximum atomic E-state index is 5.69. The minimum absolute atomic E-state index is 0.274. The first-order valence-corrected chi connectivity index (χ1v) is 4.48. The predicted molar refractivity (Wildman–Crippen MR) is 52.1 cm³/mol. The molecule has 4 nitrogen and oxygen atoms in total. The fourth-order valence-electron chi connectivity index (χ4n) is 1.43. The molecular formula is C10H13NO3. The third-order valence-corrected chi connectivity index (χ3v) is 2.15. The van der Waals surface area contributed by atoms with E-state index in [1.54, 1.807) is 13.2 Å². The van der Waals surface area contributed by atoms with Gasteiger partial charge in [-0.05, 0) is 12.1 Å². The summed E-state index contributed by atoms with van der Waals surface area (Å²) < 4.78 is 15.8. The molecule has 0 bridgehead atoms. The number of nitrogens with two attached hydrogens (primary N) is 1. The molecule has 0 spiro atoms. The summed E-state index contributed by atoms with van der Waals surface area (Å²) in [4.78, 5) is 0. The Kier molecular flexibility index (Phi) is 2.56. The third-order valence-electron chi connectivity index (χ3n) is 2.15. The second-order valence-corrected chi connectivity index (χ2v) is 3.07. The normalized spacial score (nSPS) is 17.2. The minimum atomic E-state index is -0.274. The van der Waals surface area contributed by atoms with Crippen molar-refractivity contribution >= 4 is 5.69 Å². The zero-order chi connectivity index (χ0) is 9.97. The second kappa shape index (κ2) is 3.86. The molecule has 76 valence electrons. The lowest BCUT2D eigenvalue weighted by atomic mass is 10.2. The molecule has 1 heterocycles. The molecule has 1 aromatic carbocycles. The summed E-state index contributed by atoms with van der Waals surface area (Å²) in [6.07, 6.45) is -0.274. The highest BCUT2D eigenvalue weighted by molar-refractivity contribution is 5.54. The fourth-order valence-corrected chi connectivity index (χ4v) is 1.43. The number of rotatable bonds is 2. The quantitative estimate of drug-likeness (QED) is 0.723. The average Bonchev–Trinajstić information content (AvgIpc) is 2.71. The van der Waals surface area contributed by atoms with Crippen LogP contribution in [-0.4, -0.2) is 20.3 Å². The zero-order valence-corrected chi connectivity index (χ0v) is 8.03. The van der Waals surface area contributed by atoms with Crippen LogP contribution in [0.25, 0.3) is 0 Å². The van der Waals surface area contributed by atoms with Crippen molar-refractivity contribution in [2.75, 3.05) is 26.1 Å². The molecule has 0 amide bonds. The Morgan fingerprint density at radius 2 is 2.07 bits per heavy atom. The van der Waals surface area contributed by atoms with Crippen molar-refractivity contribution in [1.29, 1.82) is 0 Å². The van der Waals surface area contributed by atoms with Crippen LogP contribution in [-0.2, 0) is 9.47 Å². The molecule has 0 aromatic heterocycles. The van der Waals surface area contributed by atoms with E-state index in [9.17, 15) is 0 Å². The van der Waals surface area contributed by atoms with Gasteiger partial charge >= 0.3 is 0 Å². The highest BCUT2D eigenvalue weighted by Gasteiger charge is 2.19. The Labute approximate surface area is 82.6 Å². The highest BCUT2D eigenvalue weighted by Crippen LogP contribution is 2.29. The van der Waals surface area contributed by atoms with Gasteiger partial charge in [-0.3, -0.25) is 0 Å². The van der Waals surface area contributed by atoms with Gasteiger partial charge in [0.05, 0.1) is 26.0 Å². The van der Waals surface area contributed by atoms with E-state index in [0.29, 0.717) is 24.7 Å². The highest BCUT2D eigenvalue weighted by atomic mass is 16.7. The molecule has 0 atom stereocenters. The largest absolute Gasteiger partial charge is 0.495 e. The number of anilines is 1. The Morgan fingerprint density at radius 3 is 2.71 bits per heavy atom. The zero-order valence-electron chi connectivity index (χ0n) is 8.03. The summed E-state index contributed by atoms with van der Waals surface area (Å²) >= 11 is 0. The van der Waals surface area contributed by atoms with Gasteiger partial charge in [-0.1, -0.05) is 6.07 Å². The van der Waals surface area contributed by atoms with E-state index in [2.05, 4.69) is 0 Å². The first kappa shape index (κ1) is 9.30. The van der Waals surface area contributed by atoms with E-state index in [1.807, 2.05) is 12.1 Å². The Balaban J connectivity index is 2.25. The van der Waals surface area contributed by atoms with E-state index in [-0.39, 0.29) is 6.29 Å². The maximum Gasteiger partial charge on any atom is 0.184 e. The van der Waals surface area contributed by atoms with Gasteiger partial charge in [0, 0.05) is 5.56 Å². The molecule has 1 aliphatic heterocycles. The molecule has 2 N–H and O–H groups in total.